The highest BCUT2D eigenvalue weighted by atomic mass is 16.5. The van der Waals surface area contributed by atoms with E-state index in [0.29, 0.717) is 29.7 Å². The summed E-state index contributed by atoms with van der Waals surface area (Å²) in [6.45, 7) is 6.62. The van der Waals surface area contributed by atoms with E-state index in [0.717, 1.165) is 12.0 Å². The second kappa shape index (κ2) is 7.95. The van der Waals surface area contributed by atoms with Crippen LogP contribution < -0.4 is 5.32 Å². The molecular formula is C19H23N5O2. The zero-order chi connectivity index (χ0) is 18.5. The number of nitrogens with one attached hydrogen (secondary N) is 1. The Morgan fingerprint density at radius 2 is 2.00 bits per heavy atom. The van der Waals surface area contributed by atoms with Crippen molar-refractivity contribution in [2.45, 2.75) is 39.8 Å². The first kappa shape index (κ1) is 17.8. The Balaban J connectivity index is 1.60. The van der Waals surface area contributed by atoms with Crippen LogP contribution in [0.5, 0.6) is 0 Å². The Morgan fingerprint density at radius 3 is 2.73 bits per heavy atom. The van der Waals surface area contributed by atoms with Crippen LogP contribution >= 0.6 is 0 Å². The van der Waals surface area contributed by atoms with Gasteiger partial charge >= 0.3 is 0 Å². The largest absolute Gasteiger partial charge is 0.340 e. The molecule has 1 aromatic carbocycles. The highest BCUT2D eigenvalue weighted by Crippen LogP contribution is 2.13. The van der Waals surface area contributed by atoms with Crippen molar-refractivity contribution in [3.63, 3.8) is 0 Å². The maximum atomic E-state index is 12.4. The van der Waals surface area contributed by atoms with Gasteiger partial charge in [-0.05, 0) is 18.4 Å². The van der Waals surface area contributed by atoms with E-state index in [2.05, 4.69) is 34.4 Å². The molecule has 0 bridgehead atoms. The smallest absolute Gasteiger partial charge is 0.255 e. The van der Waals surface area contributed by atoms with Gasteiger partial charge in [-0.15, -0.1) is 0 Å². The predicted octanol–water partition coefficient (Wildman–Crippen LogP) is 3.00. The topological polar surface area (TPSA) is 85.8 Å². The molecule has 2 aromatic heterocycles. The Morgan fingerprint density at radius 1 is 1.23 bits per heavy atom. The molecule has 1 N–H and O–H groups in total. The minimum absolute atomic E-state index is 0.222. The number of hydrogen-bond donors (Lipinski definition) is 1. The van der Waals surface area contributed by atoms with Crippen LogP contribution in [0.2, 0.25) is 0 Å². The van der Waals surface area contributed by atoms with E-state index in [9.17, 15) is 4.79 Å². The van der Waals surface area contributed by atoms with Crippen LogP contribution in [0, 0.1) is 5.92 Å². The molecule has 0 aliphatic carbocycles. The van der Waals surface area contributed by atoms with E-state index in [1.165, 1.54) is 0 Å². The molecule has 0 spiro atoms. The molecule has 0 unspecified atom stereocenters. The molecule has 26 heavy (non-hydrogen) atoms. The van der Waals surface area contributed by atoms with Crippen molar-refractivity contribution in [1.82, 2.24) is 25.2 Å². The molecule has 7 heteroatoms. The fourth-order valence-electron chi connectivity index (χ4n) is 2.57. The zero-order valence-corrected chi connectivity index (χ0v) is 15.2. The van der Waals surface area contributed by atoms with Gasteiger partial charge in [0.1, 0.15) is 6.04 Å². The third-order valence-corrected chi connectivity index (χ3v) is 3.88. The Hall–Kier alpha value is -2.96. The number of hydrogen-bond acceptors (Lipinski definition) is 5. The molecule has 7 nitrogen and oxygen atoms in total. The average Bonchev–Trinajstić information content (AvgIpc) is 3.25. The fraction of sp³-hybridized carbons (Fsp3) is 0.368. The molecule has 3 rings (SSSR count). The van der Waals surface area contributed by atoms with E-state index in [4.69, 9.17) is 4.52 Å². The quantitative estimate of drug-likeness (QED) is 0.706. The molecule has 0 saturated carbocycles. The molecule has 2 heterocycles. The summed E-state index contributed by atoms with van der Waals surface area (Å²) in [4.78, 5) is 16.8. The minimum atomic E-state index is -0.367. The van der Waals surface area contributed by atoms with Gasteiger partial charge in [0.15, 0.2) is 5.82 Å². The van der Waals surface area contributed by atoms with Crippen molar-refractivity contribution in [1.29, 1.82) is 0 Å². The molecule has 0 radical (unpaired) electrons. The number of rotatable bonds is 7. The fourth-order valence-corrected chi connectivity index (χ4v) is 2.57. The second-order valence-electron chi connectivity index (χ2n) is 6.75. The summed E-state index contributed by atoms with van der Waals surface area (Å²) in [5, 5.41) is 11.1. The first-order chi connectivity index (χ1) is 12.5. The van der Waals surface area contributed by atoms with Crippen molar-refractivity contribution >= 4 is 5.91 Å². The third-order valence-electron chi connectivity index (χ3n) is 3.88. The molecule has 3 aromatic rings. The third kappa shape index (κ3) is 4.56. The summed E-state index contributed by atoms with van der Waals surface area (Å²) in [6, 6.07) is 9.60. The van der Waals surface area contributed by atoms with Crippen molar-refractivity contribution in [3.05, 3.63) is 65.6 Å². The van der Waals surface area contributed by atoms with E-state index < -0.39 is 0 Å². The van der Waals surface area contributed by atoms with Gasteiger partial charge in [-0.2, -0.15) is 10.1 Å². The molecule has 1 amide bonds. The van der Waals surface area contributed by atoms with Gasteiger partial charge in [-0.25, -0.2) is 0 Å². The summed E-state index contributed by atoms with van der Waals surface area (Å²) in [7, 11) is 0. The van der Waals surface area contributed by atoms with E-state index >= 15 is 0 Å². The predicted molar refractivity (Wildman–Crippen MR) is 96.5 cm³/mol. The monoisotopic (exact) mass is 353 g/mol. The SMILES string of the molecule is CC(C)Cc1noc([C@H](C)NC(=O)c2cnn(Cc3ccccc3)c2)n1. The van der Waals surface area contributed by atoms with Crippen LogP contribution in [0.25, 0.3) is 0 Å². The van der Waals surface area contributed by atoms with Crippen LogP contribution in [-0.4, -0.2) is 25.8 Å². The van der Waals surface area contributed by atoms with Gasteiger partial charge in [0.05, 0.1) is 18.3 Å². The normalized spacial score (nSPS) is 12.3. The molecular weight excluding hydrogens is 330 g/mol. The standard InChI is InChI=1S/C19H23N5O2/c1-13(2)9-17-22-19(26-23-17)14(3)21-18(25)16-10-20-24(12-16)11-15-7-5-4-6-8-15/h4-8,10,12-14H,9,11H2,1-3H3,(H,21,25)/t14-/m0/s1. The molecule has 0 fully saturated rings. The summed E-state index contributed by atoms with van der Waals surface area (Å²) < 4.78 is 6.99. The zero-order valence-electron chi connectivity index (χ0n) is 15.2. The molecule has 136 valence electrons. The summed E-state index contributed by atoms with van der Waals surface area (Å²) >= 11 is 0. The van der Waals surface area contributed by atoms with Crippen LogP contribution in [0.1, 0.15) is 54.4 Å². The number of nitrogens with zero attached hydrogens (tertiary/aromatic N) is 4. The van der Waals surface area contributed by atoms with Crippen LogP contribution in [-0.2, 0) is 13.0 Å². The highest BCUT2D eigenvalue weighted by Gasteiger charge is 2.18. The van der Waals surface area contributed by atoms with Crippen LogP contribution in [0.4, 0.5) is 0 Å². The van der Waals surface area contributed by atoms with Crippen LogP contribution in [0.3, 0.4) is 0 Å². The number of carbonyl (C=O) groups excluding carboxylic acids is 1. The van der Waals surface area contributed by atoms with E-state index in [1.54, 1.807) is 17.1 Å². The number of benzene rings is 1. The van der Waals surface area contributed by atoms with Crippen molar-refractivity contribution in [2.24, 2.45) is 5.92 Å². The van der Waals surface area contributed by atoms with Gasteiger partial charge in [-0.1, -0.05) is 49.3 Å². The van der Waals surface area contributed by atoms with E-state index in [1.807, 2.05) is 37.3 Å². The lowest BCUT2D eigenvalue weighted by atomic mass is 10.1. The number of amides is 1. The minimum Gasteiger partial charge on any atom is -0.340 e. The molecule has 0 saturated heterocycles. The van der Waals surface area contributed by atoms with Crippen molar-refractivity contribution in [2.75, 3.05) is 0 Å². The first-order valence-electron chi connectivity index (χ1n) is 8.71. The average molecular weight is 353 g/mol. The molecule has 0 aliphatic rings. The second-order valence-corrected chi connectivity index (χ2v) is 6.75. The van der Waals surface area contributed by atoms with Crippen molar-refractivity contribution in [3.8, 4) is 0 Å². The lowest BCUT2D eigenvalue weighted by molar-refractivity contribution is 0.0932. The van der Waals surface area contributed by atoms with Crippen molar-refractivity contribution < 1.29 is 9.32 Å². The Bertz CT molecular complexity index is 854. The van der Waals surface area contributed by atoms with Gasteiger partial charge < -0.3 is 9.84 Å². The Kier molecular flexibility index (Phi) is 5.46. The van der Waals surface area contributed by atoms with Gasteiger partial charge in [-0.3, -0.25) is 9.48 Å². The Labute approximate surface area is 152 Å². The molecule has 1 atom stereocenters. The van der Waals surface area contributed by atoms with Gasteiger partial charge in [0, 0.05) is 12.6 Å². The first-order valence-corrected chi connectivity index (χ1v) is 8.71. The highest BCUT2D eigenvalue weighted by molar-refractivity contribution is 5.93. The lowest BCUT2D eigenvalue weighted by Crippen LogP contribution is -2.26. The number of carbonyl (C=O) groups is 1. The molecule has 0 aliphatic heterocycles. The van der Waals surface area contributed by atoms with Crippen LogP contribution in [0.15, 0.2) is 47.2 Å². The van der Waals surface area contributed by atoms with Gasteiger partial charge in [0.2, 0.25) is 5.89 Å². The summed E-state index contributed by atoms with van der Waals surface area (Å²) in [5.74, 6) is 1.29. The van der Waals surface area contributed by atoms with Gasteiger partial charge in [0.25, 0.3) is 5.91 Å². The maximum Gasteiger partial charge on any atom is 0.255 e. The number of aromatic nitrogens is 4. The summed E-state index contributed by atoms with van der Waals surface area (Å²) in [6.07, 6.45) is 4.03. The maximum absolute atomic E-state index is 12.4. The lowest BCUT2D eigenvalue weighted by Gasteiger charge is -2.08. The summed E-state index contributed by atoms with van der Waals surface area (Å²) in [5.41, 5.74) is 1.62. The van der Waals surface area contributed by atoms with E-state index in [-0.39, 0.29) is 11.9 Å².